The van der Waals surface area contributed by atoms with Gasteiger partial charge in [-0.3, -0.25) is 0 Å². The van der Waals surface area contributed by atoms with E-state index in [0.717, 1.165) is 18.0 Å². The first-order valence-electron chi connectivity index (χ1n) is 7.65. The number of rotatable bonds is 2. The number of nitrogens with one attached hydrogen (secondary N) is 1. The van der Waals surface area contributed by atoms with Gasteiger partial charge >= 0.3 is 0 Å². The van der Waals surface area contributed by atoms with Gasteiger partial charge in [0.05, 0.1) is 0 Å². The van der Waals surface area contributed by atoms with Crippen LogP contribution in [0.15, 0.2) is 30.3 Å². The molecule has 4 rings (SSSR count). The molecule has 1 aliphatic heterocycles. The molecular weight excluding hydrogens is 280 g/mol. The topological polar surface area (TPSA) is 37.9 Å². The SMILES string of the molecule is S=c1cc(C2CCCC2)[nH]c(C2Cc3ccccc3O2)n1. The lowest BCUT2D eigenvalue weighted by Gasteiger charge is -2.15. The summed E-state index contributed by atoms with van der Waals surface area (Å²) in [5.74, 6) is 2.45. The van der Waals surface area contributed by atoms with Crippen molar-refractivity contribution in [1.29, 1.82) is 0 Å². The number of hydrogen-bond acceptors (Lipinski definition) is 3. The Hall–Kier alpha value is -1.68. The summed E-state index contributed by atoms with van der Waals surface area (Å²) < 4.78 is 6.70. The lowest BCUT2D eigenvalue weighted by molar-refractivity contribution is 0.226. The minimum atomic E-state index is -0.0366. The average molecular weight is 298 g/mol. The Morgan fingerprint density at radius 2 is 2.00 bits per heavy atom. The molecule has 1 N–H and O–H groups in total. The van der Waals surface area contributed by atoms with Gasteiger partial charge in [0.25, 0.3) is 0 Å². The number of nitrogens with zero attached hydrogens (tertiary/aromatic N) is 1. The molecule has 2 aromatic rings. The summed E-state index contributed by atoms with van der Waals surface area (Å²) in [7, 11) is 0. The standard InChI is InChI=1S/C17H18N2OS/c21-16-10-13(11-5-1-2-6-11)18-17(19-16)15-9-12-7-3-4-8-14(12)20-15/h3-4,7-8,10-11,15H,1-2,5-6,9H2,(H,18,19,21). The van der Waals surface area contributed by atoms with Crippen molar-refractivity contribution < 1.29 is 4.74 Å². The summed E-state index contributed by atoms with van der Waals surface area (Å²) in [4.78, 5) is 8.01. The van der Waals surface area contributed by atoms with Gasteiger partial charge in [-0.15, -0.1) is 0 Å². The fraction of sp³-hybridized carbons (Fsp3) is 0.412. The Labute approximate surface area is 129 Å². The Morgan fingerprint density at radius 1 is 1.19 bits per heavy atom. The highest BCUT2D eigenvalue weighted by atomic mass is 32.1. The third-order valence-corrected chi connectivity index (χ3v) is 4.74. The number of aromatic nitrogens is 2. The first-order chi connectivity index (χ1) is 10.3. The molecule has 0 bridgehead atoms. The highest BCUT2D eigenvalue weighted by molar-refractivity contribution is 7.71. The number of benzene rings is 1. The monoisotopic (exact) mass is 298 g/mol. The molecule has 0 radical (unpaired) electrons. The lowest BCUT2D eigenvalue weighted by atomic mass is 10.0. The van der Waals surface area contributed by atoms with Crippen molar-refractivity contribution >= 4 is 12.2 Å². The maximum Gasteiger partial charge on any atom is 0.160 e. The molecule has 1 aromatic carbocycles. The van der Waals surface area contributed by atoms with E-state index in [1.807, 2.05) is 18.2 Å². The summed E-state index contributed by atoms with van der Waals surface area (Å²) in [6.45, 7) is 0. The number of H-pyrrole nitrogens is 1. The zero-order valence-electron chi connectivity index (χ0n) is 11.8. The second kappa shape index (κ2) is 5.26. The summed E-state index contributed by atoms with van der Waals surface area (Å²) in [6, 6.07) is 10.2. The Balaban J connectivity index is 1.65. The first kappa shape index (κ1) is 13.0. The van der Waals surface area contributed by atoms with Gasteiger partial charge in [0.1, 0.15) is 16.2 Å². The van der Waals surface area contributed by atoms with Gasteiger partial charge in [0, 0.05) is 12.1 Å². The highest BCUT2D eigenvalue weighted by Gasteiger charge is 2.27. The Kier molecular flexibility index (Phi) is 3.26. The van der Waals surface area contributed by atoms with Crippen LogP contribution in [0, 0.1) is 4.64 Å². The molecule has 1 atom stereocenters. The van der Waals surface area contributed by atoms with E-state index in [0.29, 0.717) is 10.6 Å². The zero-order valence-corrected chi connectivity index (χ0v) is 12.7. The molecule has 1 unspecified atom stereocenters. The molecule has 1 aliphatic carbocycles. The quantitative estimate of drug-likeness (QED) is 0.831. The molecule has 2 heterocycles. The van der Waals surface area contributed by atoms with Crippen molar-refractivity contribution in [1.82, 2.24) is 9.97 Å². The van der Waals surface area contributed by atoms with Crippen LogP contribution in [0.2, 0.25) is 0 Å². The van der Waals surface area contributed by atoms with Crippen LogP contribution in [0.1, 0.15) is 54.8 Å². The first-order valence-corrected chi connectivity index (χ1v) is 8.06. The molecule has 0 amide bonds. The van der Waals surface area contributed by atoms with Crippen LogP contribution in [-0.4, -0.2) is 9.97 Å². The van der Waals surface area contributed by atoms with Gasteiger partial charge in [-0.25, -0.2) is 4.98 Å². The maximum atomic E-state index is 6.03. The summed E-state index contributed by atoms with van der Waals surface area (Å²) in [5, 5.41) is 0. The van der Waals surface area contributed by atoms with Crippen molar-refractivity contribution in [3.05, 3.63) is 52.1 Å². The van der Waals surface area contributed by atoms with Gasteiger partial charge in [-0.1, -0.05) is 43.3 Å². The largest absolute Gasteiger partial charge is 0.482 e. The molecule has 2 aliphatic rings. The van der Waals surface area contributed by atoms with Crippen molar-refractivity contribution in [3.8, 4) is 5.75 Å². The third kappa shape index (κ3) is 2.48. The molecule has 1 fully saturated rings. The summed E-state index contributed by atoms with van der Waals surface area (Å²) in [6.07, 6.45) is 5.96. The van der Waals surface area contributed by atoms with Crippen molar-refractivity contribution in [2.24, 2.45) is 0 Å². The van der Waals surface area contributed by atoms with Gasteiger partial charge < -0.3 is 9.72 Å². The normalized spacial score (nSPS) is 21.2. The van der Waals surface area contributed by atoms with E-state index in [2.05, 4.69) is 22.1 Å². The molecule has 21 heavy (non-hydrogen) atoms. The van der Waals surface area contributed by atoms with E-state index < -0.39 is 0 Å². The number of para-hydroxylation sites is 1. The smallest absolute Gasteiger partial charge is 0.160 e. The Morgan fingerprint density at radius 3 is 2.81 bits per heavy atom. The number of aromatic amines is 1. The van der Waals surface area contributed by atoms with E-state index in [4.69, 9.17) is 17.0 Å². The van der Waals surface area contributed by atoms with Gasteiger partial charge in [0.2, 0.25) is 0 Å². The molecule has 0 saturated heterocycles. The van der Waals surface area contributed by atoms with Crippen LogP contribution < -0.4 is 4.74 Å². The number of fused-ring (bicyclic) bond motifs is 1. The van der Waals surface area contributed by atoms with Crippen LogP contribution >= 0.6 is 12.2 Å². The fourth-order valence-electron chi connectivity index (χ4n) is 3.44. The van der Waals surface area contributed by atoms with Crippen LogP contribution in [0.5, 0.6) is 5.75 Å². The average Bonchev–Trinajstić information content (AvgIpc) is 3.16. The van der Waals surface area contributed by atoms with Crippen molar-refractivity contribution in [2.45, 2.75) is 44.1 Å². The van der Waals surface area contributed by atoms with E-state index in [-0.39, 0.29) is 6.10 Å². The van der Waals surface area contributed by atoms with Crippen LogP contribution in [0.4, 0.5) is 0 Å². The van der Waals surface area contributed by atoms with Crippen LogP contribution in [-0.2, 0) is 6.42 Å². The van der Waals surface area contributed by atoms with Gasteiger partial charge in [-0.2, -0.15) is 0 Å². The zero-order chi connectivity index (χ0) is 14.2. The predicted octanol–water partition coefficient (Wildman–Crippen LogP) is 4.47. The number of ether oxygens (including phenoxy) is 1. The molecule has 0 spiro atoms. The predicted molar refractivity (Wildman–Crippen MR) is 84.1 cm³/mol. The van der Waals surface area contributed by atoms with Crippen LogP contribution in [0.3, 0.4) is 0 Å². The van der Waals surface area contributed by atoms with Crippen LogP contribution in [0.25, 0.3) is 0 Å². The third-order valence-electron chi connectivity index (χ3n) is 4.53. The molecule has 1 saturated carbocycles. The minimum absolute atomic E-state index is 0.0366. The lowest BCUT2D eigenvalue weighted by Crippen LogP contribution is -2.11. The van der Waals surface area contributed by atoms with E-state index in [1.54, 1.807) is 0 Å². The Bertz CT molecular complexity index is 694. The van der Waals surface area contributed by atoms with Crippen molar-refractivity contribution in [3.63, 3.8) is 0 Å². The molecule has 1 aromatic heterocycles. The maximum absolute atomic E-state index is 6.03. The highest BCUT2D eigenvalue weighted by Crippen LogP contribution is 2.37. The molecule has 4 heteroatoms. The van der Waals surface area contributed by atoms with E-state index >= 15 is 0 Å². The molecule has 3 nitrogen and oxygen atoms in total. The summed E-state index contributed by atoms with van der Waals surface area (Å²) in [5.41, 5.74) is 2.48. The second-order valence-electron chi connectivity index (χ2n) is 5.96. The number of hydrogen-bond donors (Lipinski definition) is 1. The second-order valence-corrected chi connectivity index (χ2v) is 6.38. The molecular formula is C17H18N2OS. The summed E-state index contributed by atoms with van der Waals surface area (Å²) >= 11 is 5.36. The van der Waals surface area contributed by atoms with Gasteiger partial charge in [0.15, 0.2) is 6.10 Å². The van der Waals surface area contributed by atoms with Gasteiger partial charge in [-0.05, 0) is 36.5 Å². The molecule has 108 valence electrons. The van der Waals surface area contributed by atoms with E-state index in [1.165, 1.54) is 36.9 Å². The van der Waals surface area contributed by atoms with Crippen molar-refractivity contribution in [2.75, 3.05) is 0 Å². The minimum Gasteiger partial charge on any atom is -0.482 e. The fourth-order valence-corrected chi connectivity index (χ4v) is 3.67. The van der Waals surface area contributed by atoms with E-state index in [9.17, 15) is 0 Å².